The fraction of sp³-hybridized carbons (Fsp3) is 0.417. The number of Topliss-reactive ketones (excluding diaryl/α,β-unsaturated/α-hetero) is 1. The standard InChI is InChI=1S/C12H15NO4S/c14-9-12(15)10-3-5-11(6-4-10)18(16,17)13-7-1-2-8-13/h3-6,14H,1-2,7-9H2. The molecule has 0 spiro atoms. The first-order valence-electron chi connectivity index (χ1n) is 5.80. The van der Waals surface area contributed by atoms with E-state index < -0.39 is 22.4 Å². The van der Waals surface area contributed by atoms with Gasteiger partial charge in [0.2, 0.25) is 10.0 Å². The van der Waals surface area contributed by atoms with Crippen LogP contribution in [0.25, 0.3) is 0 Å². The van der Waals surface area contributed by atoms with Crippen molar-refractivity contribution in [1.29, 1.82) is 0 Å². The zero-order valence-corrected chi connectivity index (χ0v) is 10.7. The third-order valence-corrected chi connectivity index (χ3v) is 4.94. The summed E-state index contributed by atoms with van der Waals surface area (Å²) in [6.07, 6.45) is 1.78. The summed E-state index contributed by atoms with van der Waals surface area (Å²) < 4.78 is 25.8. The van der Waals surface area contributed by atoms with Crippen LogP contribution in [-0.4, -0.2) is 43.3 Å². The van der Waals surface area contributed by atoms with Gasteiger partial charge in [-0.1, -0.05) is 0 Å². The van der Waals surface area contributed by atoms with Crippen LogP contribution in [0.3, 0.4) is 0 Å². The zero-order chi connectivity index (χ0) is 13.2. The summed E-state index contributed by atoms with van der Waals surface area (Å²) in [5.74, 6) is -0.417. The minimum absolute atomic E-state index is 0.193. The number of ketones is 1. The van der Waals surface area contributed by atoms with Crippen molar-refractivity contribution in [2.45, 2.75) is 17.7 Å². The summed E-state index contributed by atoms with van der Waals surface area (Å²) in [4.78, 5) is 11.4. The SMILES string of the molecule is O=C(CO)c1ccc(S(=O)(=O)N2CCCC2)cc1. The van der Waals surface area contributed by atoms with Crippen molar-refractivity contribution >= 4 is 15.8 Å². The molecule has 18 heavy (non-hydrogen) atoms. The molecule has 0 aliphatic carbocycles. The highest BCUT2D eigenvalue weighted by Gasteiger charge is 2.26. The number of aliphatic hydroxyl groups excluding tert-OH is 1. The number of hydrogen-bond acceptors (Lipinski definition) is 4. The fourth-order valence-corrected chi connectivity index (χ4v) is 3.50. The first-order valence-corrected chi connectivity index (χ1v) is 7.24. The molecule has 0 atom stereocenters. The number of rotatable bonds is 4. The molecule has 1 N–H and O–H groups in total. The average molecular weight is 269 g/mol. The average Bonchev–Trinajstić information content (AvgIpc) is 2.92. The number of nitrogens with zero attached hydrogens (tertiary/aromatic N) is 1. The highest BCUT2D eigenvalue weighted by molar-refractivity contribution is 7.89. The number of benzene rings is 1. The maximum atomic E-state index is 12.2. The molecule has 1 aromatic carbocycles. The summed E-state index contributed by atoms with van der Waals surface area (Å²) in [5.41, 5.74) is 0.317. The Kier molecular flexibility index (Phi) is 3.79. The zero-order valence-electron chi connectivity index (χ0n) is 9.87. The van der Waals surface area contributed by atoms with Gasteiger partial charge in [-0.25, -0.2) is 8.42 Å². The Labute approximate surface area is 106 Å². The van der Waals surface area contributed by atoms with Crippen molar-refractivity contribution in [3.05, 3.63) is 29.8 Å². The van der Waals surface area contributed by atoms with E-state index in [1.807, 2.05) is 0 Å². The van der Waals surface area contributed by atoms with Crippen LogP contribution in [0.1, 0.15) is 23.2 Å². The van der Waals surface area contributed by atoms with Gasteiger partial charge in [0, 0.05) is 18.7 Å². The molecule has 6 heteroatoms. The van der Waals surface area contributed by atoms with Crippen molar-refractivity contribution in [3.63, 3.8) is 0 Å². The van der Waals surface area contributed by atoms with E-state index in [0.29, 0.717) is 18.7 Å². The van der Waals surface area contributed by atoms with Gasteiger partial charge in [-0.05, 0) is 37.1 Å². The third-order valence-electron chi connectivity index (χ3n) is 3.02. The summed E-state index contributed by atoms with van der Waals surface area (Å²) >= 11 is 0. The van der Waals surface area contributed by atoms with Gasteiger partial charge in [-0.3, -0.25) is 4.79 Å². The predicted molar refractivity (Wildman–Crippen MR) is 65.9 cm³/mol. The van der Waals surface area contributed by atoms with Gasteiger partial charge in [-0.2, -0.15) is 4.31 Å². The van der Waals surface area contributed by atoms with Gasteiger partial charge < -0.3 is 5.11 Å². The second-order valence-electron chi connectivity index (χ2n) is 4.22. The van der Waals surface area contributed by atoms with Gasteiger partial charge in [-0.15, -0.1) is 0 Å². The lowest BCUT2D eigenvalue weighted by Gasteiger charge is -2.15. The van der Waals surface area contributed by atoms with Crippen LogP contribution in [-0.2, 0) is 10.0 Å². The van der Waals surface area contributed by atoms with Gasteiger partial charge in [0.05, 0.1) is 4.90 Å². The minimum Gasteiger partial charge on any atom is -0.388 e. The predicted octanol–water partition coefficient (Wildman–Crippen LogP) is 0.646. The monoisotopic (exact) mass is 269 g/mol. The quantitative estimate of drug-likeness (QED) is 0.814. The molecule has 1 aliphatic heterocycles. The van der Waals surface area contributed by atoms with Crippen LogP contribution in [0.15, 0.2) is 29.2 Å². The first kappa shape index (κ1) is 13.2. The van der Waals surface area contributed by atoms with E-state index in [0.717, 1.165) is 12.8 Å². The van der Waals surface area contributed by atoms with Crippen LogP contribution in [0.4, 0.5) is 0 Å². The van der Waals surface area contributed by atoms with Gasteiger partial charge in [0.15, 0.2) is 5.78 Å². The molecule has 1 aromatic rings. The fourth-order valence-electron chi connectivity index (χ4n) is 1.98. The molecular weight excluding hydrogens is 254 g/mol. The lowest BCUT2D eigenvalue weighted by atomic mass is 10.1. The van der Waals surface area contributed by atoms with E-state index in [1.165, 1.54) is 28.6 Å². The number of hydrogen-bond donors (Lipinski definition) is 1. The maximum Gasteiger partial charge on any atom is 0.243 e. The minimum atomic E-state index is -3.43. The van der Waals surface area contributed by atoms with E-state index in [1.54, 1.807) is 0 Å². The maximum absolute atomic E-state index is 12.2. The van der Waals surface area contributed by atoms with E-state index in [9.17, 15) is 13.2 Å². The number of carbonyl (C=O) groups excluding carboxylic acids is 1. The lowest BCUT2D eigenvalue weighted by Crippen LogP contribution is -2.27. The van der Waals surface area contributed by atoms with Crippen molar-refractivity contribution in [2.24, 2.45) is 0 Å². The summed E-state index contributed by atoms with van der Waals surface area (Å²) in [7, 11) is -3.43. The van der Waals surface area contributed by atoms with Crippen LogP contribution in [0.2, 0.25) is 0 Å². The molecule has 0 radical (unpaired) electrons. The molecular formula is C12H15NO4S. The molecule has 0 bridgehead atoms. The Morgan fingerprint density at radius 1 is 1.17 bits per heavy atom. The molecule has 0 unspecified atom stereocenters. The van der Waals surface area contributed by atoms with E-state index in [4.69, 9.17) is 5.11 Å². The molecule has 0 aromatic heterocycles. The van der Waals surface area contributed by atoms with Crippen molar-refractivity contribution < 1.29 is 18.3 Å². The molecule has 1 fully saturated rings. The van der Waals surface area contributed by atoms with Gasteiger partial charge >= 0.3 is 0 Å². The summed E-state index contributed by atoms with van der Waals surface area (Å²) in [6.45, 7) is 0.539. The van der Waals surface area contributed by atoms with Crippen molar-refractivity contribution in [3.8, 4) is 0 Å². The molecule has 1 saturated heterocycles. The lowest BCUT2D eigenvalue weighted by molar-refractivity contribution is 0.0903. The molecule has 1 aliphatic rings. The number of aliphatic hydroxyl groups is 1. The van der Waals surface area contributed by atoms with Crippen molar-refractivity contribution in [1.82, 2.24) is 4.31 Å². The van der Waals surface area contributed by atoms with Gasteiger partial charge in [0.25, 0.3) is 0 Å². The second kappa shape index (κ2) is 5.17. The normalized spacial score (nSPS) is 16.9. The molecule has 2 rings (SSSR count). The molecule has 98 valence electrons. The van der Waals surface area contributed by atoms with E-state index in [-0.39, 0.29) is 4.90 Å². The molecule has 0 amide bonds. The topological polar surface area (TPSA) is 74.7 Å². The highest BCUT2D eigenvalue weighted by atomic mass is 32.2. The Hall–Kier alpha value is -1.24. The Bertz CT molecular complexity index is 530. The smallest absolute Gasteiger partial charge is 0.243 e. The highest BCUT2D eigenvalue weighted by Crippen LogP contribution is 2.21. The van der Waals surface area contributed by atoms with Crippen LogP contribution in [0, 0.1) is 0 Å². The first-order chi connectivity index (χ1) is 8.55. The van der Waals surface area contributed by atoms with E-state index >= 15 is 0 Å². The summed E-state index contributed by atoms with van der Waals surface area (Å²) in [5, 5.41) is 8.71. The Balaban J connectivity index is 2.26. The summed E-state index contributed by atoms with van der Waals surface area (Å²) in [6, 6.07) is 5.69. The van der Waals surface area contributed by atoms with Crippen molar-refractivity contribution in [2.75, 3.05) is 19.7 Å². The van der Waals surface area contributed by atoms with Crippen LogP contribution in [0.5, 0.6) is 0 Å². The van der Waals surface area contributed by atoms with Crippen LogP contribution < -0.4 is 0 Å². The molecule has 1 heterocycles. The number of carbonyl (C=O) groups is 1. The Morgan fingerprint density at radius 3 is 2.22 bits per heavy atom. The third kappa shape index (κ3) is 2.45. The number of sulfonamides is 1. The largest absolute Gasteiger partial charge is 0.388 e. The molecule has 0 saturated carbocycles. The molecule has 5 nitrogen and oxygen atoms in total. The van der Waals surface area contributed by atoms with Gasteiger partial charge in [0.1, 0.15) is 6.61 Å². The second-order valence-corrected chi connectivity index (χ2v) is 6.15. The van der Waals surface area contributed by atoms with Crippen LogP contribution >= 0.6 is 0 Å². The Morgan fingerprint density at radius 2 is 1.72 bits per heavy atom. The van der Waals surface area contributed by atoms with E-state index in [2.05, 4.69) is 0 Å².